The van der Waals surface area contributed by atoms with Crippen LogP contribution in [0.1, 0.15) is 16.8 Å². The van der Waals surface area contributed by atoms with Gasteiger partial charge < -0.3 is 4.74 Å². The molecule has 0 bridgehead atoms. The number of halogens is 1. The Morgan fingerprint density at radius 1 is 1.00 bits per heavy atom. The second-order valence-corrected chi connectivity index (χ2v) is 8.76. The molecular weight excluding hydrogens is 442 g/mol. The third-order valence-electron chi connectivity index (χ3n) is 5.74. The highest BCUT2D eigenvalue weighted by atomic mass is 35.5. The van der Waals surface area contributed by atoms with Crippen LogP contribution in [0.4, 0.5) is 5.13 Å². The molecule has 1 amide bonds. The van der Waals surface area contributed by atoms with Crippen molar-refractivity contribution in [3.05, 3.63) is 72.3 Å². The second-order valence-electron chi connectivity index (χ2n) is 7.76. The van der Waals surface area contributed by atoms with Gasteiger partial charge >= 0.3 is 0 Å². The highest BCUT2D eigenvalue weighted by molar-refractivity contribution is 7.22. The van der Waals surface area contributed by atoms with Crippen molar-refractivity contribution < 1.29 is 9.53 Å². The molecule has 4 aromatic rings. The fraction of sp³-hybridized carbons (Fsp3) is 0.280. The van der Waals surface area contributed by atoms with Crippen molar-refractivity contribution in [3.8, 4) is 0 Å². The first-order chi connectivity index (χ1) is 15.3. The predicted molar refractivity (Wildman–Crippen MR) is 134 cm³/mol. The van der Waals surface area contributed by atoms with Gasteiger partial charge in [0.1, 0.15) is 0 Å². The number of anilines is 1. The Kier molecular flexibility index (Phi) is 7.37. The third-order valence-corrected chi connectivity index (χ3v) is 6.80. The summed E-state index contributed by atoms with van der Waals surface area (Å²) in [5, 5.41) is 2.82. The molecule has 0 aliphatic carbocycles. The Morgan fingerprint density at radius 2 is 1.75 bits per heavy atom. The molecule has 1 aromatic heterocycles. The molecule has 0 atom stereocenters. The number of carbonyl (C=O) groups is 1. The average molecular weight is 468 g/mol. The molecule has 1 fully saturated rings. The minimum Gasteiger partial charge on any atom is -0.379 e. The van der Waals surface area contributed by atoms with Gasteiger partial charge in [0.05, 0.1) is 23.4 Å². The van der Waals surface area contributed by atoms with Gasteiger partial charge in [-0.05, 0) is 35.4 Å². The van der Waals surface area contributed by atoms with Crippen LogP contribution in [0.5, 0.6) is 0 Å². The minimum absolute atomic E-state index is 0. The van der Waals surface area contributed by atoms with Crippen molar-refractivity contribution in [2.75, 3.05) is 44.3 Å². The lowest BCUT2D eigenvalue weighted by molar-refractivity contribution is 0.0376. The molecular formula is C25H26ClN3O2S. The van der Waals surface area contributed by atoms with Gasteiger partial charge in [-0.2, -0.15) is 0 Å². The standard InChI is InChI=1S/C25H25N3O2S.ClH/c29-24(21-10-5-8-19-7-1-2-9-20(19)21)28(14-6-13-27-15-17-30-18-16-27)25-26-22-11-3-4-12-23(22)31-25;/h1-5,7-12H,6,13-18H2;1H. The molecule has 7 heteroatoms. The second kappa shape index (κ2) is 10.4. The zero-order valence-electron chi connectivity index (χ0n) is 17.8. The van der Waals surface area contributed by atoms with Gasteiger partial charge in [0, 0.05) is 31.7 Å². The highest BCUT2D eigenvalue weighted by Gasteiger charge is 2.23. The van der Waals surface area contributed by atoms with Gasteiger partial charge in [-0.15, -0.1) is 12.4 Å². The largest absolute Gasteiger partial charge is 0.379 e. The zero-order valence-corrected chi connectivity index (χ0v) is 19.4. The Morgan fingerprint density at radius 3 is 2.59 bits per heavy atom. The highest BCUT2D eigenvalue weighted by Crippen LogP contribution is 2.31. The van der Waals surface area contributed by atoms with Crippen LogP contribution in [0, 0.1) is 0 Å². The van der Waals surface area contributed by atoms with Crippen LogP contribution in [0.3, 0.4) is 0 Å². The number of thiazole rings is 1. The Hall–Kier alpha value is -2.51. The number of hydrogen-bond donors (Lipinski definition) is 0. The number of aromatic nitrogens is 1. The van der Waals surface area contributed by atoms with E-state index in [0.717, 1.165) is 71.0 Å². The fourth-order valence-electron chi connectivity index (χ4n) is 4.09. The van der Waals surface area contributed by atoms with Crippen molar-refractivity contribution in [1.29, 1.82) is 0 Å². The molecule has 2 heterocycles. The van der Waals surface area contributed by atoms with Crippen LogP contribution in [-0.4, -0.2) is 55.2 Å². The normalized spacial score (nSPS) is 14.4. The zero-order chi connectivity index (χ0) is 21.0. The molecule has 166 valence electrons. The fourth-order valence-corrected chi connectivity index (χ4v) is 5.08. The van der Waals surface area contributed by atoms with Crippen LogP contribution >= 0.6 is 23.7 Å². The van der Waals surface area contributed by atoms with E-state index in [-0.39, 0.29) is 18.3 Å². The summed E-state index contributed by atoms with van der Waals surface area (Å²) in [5.74, 6) is 0.0119. The summed E-state index contributed by atoms with van der Waals surface area (Å²) in [6.45, 7) is 5.08. The number of fused-ring (bicyclic) bond motifs is 2. The summed E-state index contributed by atoms with van der Waals surface area (Å²) in [6, 6.07) is 22.1. The molecule has 5 nitrogen and oxygen atoms in total. The number of carbonyl (C=O) groups excluding carboxylic acids is 1. The summed E-state index contributed by atoms with van der Waals surface area (Å²) in [6.07, 6.45) is 0.895. The lowest BCUT2D eigenvalue weighted by Crippen LogP contribution is -2.39. The van der Waals surface area contributed by atoms with E-state index in [0.29, 0.717) is 6.54 Å². The first-order valence-electron chi connectivity index (χ1n) is 10.7. The van der Waals surface area contributed by atoms with Crippen molar-refractivity contribution in [3.63, 3.8) is 0 Å². The first kappa shape index (κ1) is 22.7. The van der Waals surface area contributed by atoms with Gasteiger partial charge in [0.2, 0.25) is 0 Å². The number of ether oxygens (including phenoxy) is 1. The smallest absolute Gasteiger partial charge is 0.260 e. The predicted octanol–water partition coefficient (Wildman–Crippen LogP) is 5.24. The monoisotopic (exact) mass is 467 g/mol. The summed E-state index contributed by atoms with van der Waals surface area (Å²) < 4.78 is 6.55. The summed E-state index contributed by atoms with van der Waals surface area (Å²) in [7, 11) is 0. The van der Waals surface area contributed by atoms with Crippen molar-refractivity contribution >= 4 is 55.8 Å². The number of benzene rings is 3. The van der Waals surface area contributed by atoms with Gasteiger partial charge in [-0.3, -0.25) is 14.6 Å². The molecule has 0 N–H and O–H groups in total. The molecule has 0 radical (unpaired) electrons. The molecule has 0 spiro atoms. The summed E-state index contributed by atoms with van der Waals surface area (Å²) in [4.78, 5) is 22.8. The maximum absolute atomic E-state index is 13.8. The van der Waals surface area contributed by atoms with E-state index in [1.165, 1.54) is 0 Å². The van der Waals surface area contributed by atoms with E-state index in [2.05, 4.69) is 11.0 Å². The first-order valence-corrected chi connectivity index (χ1v) is 11.6. The Bertz CT molecular complexity index is 1170. The molecule has 3 aromatic carbocycles. The lowest BCUT2D eigenvalue weighted by Gasteiger charge is -2.28. The number of para-hydroxylation sites is 1. The molecule has 0 unspecified atom stereocenters. The topological polar surface area (TPSA) is 45.7 Å². The number of nitrogens with zero attached hydrogens (tertiary/aromatic N) is 3. The number of amides is 1. The van der Waals surface area contributed by atoms with Gasteiger partial charge in [-0.1, -0.05) is 59.9 Å². The van der Waals surface area contributed by atoms with E-state index in [4.69, 9.17) is 9.72 Å². The molecule has 32 heavy (non-hydrogen) atoms. The molecule has 5 rings (SSSR count). The number of hydrogen-bond acceptors (Lipinski definition) is 5. The maximum Gasteiger partial charge on any atom is 0.260 e. The van der Waals surface area contributed by atoms with E-state index in [1.54, 1.807) is 11.3 Å². The molecule has 0 saturated carbocycles. The van der Waals surface area contributed by atoms with E-state index >= 15 is 0 Å². The number of morpholine rings is 1. The van der Waals surface area contributed by atoms with Crippen molar-refractivity contribution in [1.82, 2.24) is 9.88 Å². The minimum atomic E-state index is 0. The van der Waals surface area contributed by atoms with Crippen LogP contribution < -0.4 is 4.90 Å². The Balaban J connectivity index is 0.00000245. The van der Waals surface area contributed by atoms with Crippen molar-refractivity contribution in [2.24, 2.45) is 0 Å². The number of rotatable bonds is 6. The van der Waals surface area contributed by atoms with Crippen LogP contribution in [0.25, 0.3) is 21.0 Å². The summed E-state index contributed by atoms with van der Waals surface area (Å²) >= 11 is 1.58. The summed E-state index contributed by atoms with van der Waals surface area (Å²) in [5.41, 5.74) is 1.66. The van der Waals surface area contributed by atoms with Crippen molar-refractivity contribution in [2.45, 2.75) is 6.42 Å². The average Bonchev–Trinajstić information content (AvgIpc) is 3.25. The van der Waals surface area contributed by atoms with Gasteiger partial charge in [0.25, 0.3) is 5.91 Å². The maximum atomic E-state index is 13.8. The quantitative estimate of drug-likeness (QED) is 0.389. The van der Waals surface area contributed by atoms with E-state index in [1.807, 2.05) is 65.6 Å². The van der Waals surface area contributed by atoms with Gasteiger partial charge in [0.15, 0.2) is 5.13 Å². The van der Waals surface area contributed by atoms with Crippen LogP contribution in [-0.2, 0) is 4.74 Å². The SMILES string of the molecule is Cl.O=C(c1cccc2ccccc12)N(CCCN1CCOCC1)c1nc2ccccc2s1. The van der Waals surface area contributed by atoms with Crippen LogP contribution in [0.2, 0.25) is 0 Å². The molecule has 1 aliphatic heterocycles. The lowest BCUT2D eigenvalue weighted by atomic mass is 10.0. The van der Waals surface area contributed by atoms with E-state index in [9.17, 15) is 4.79 Å². The van der Waals surface area contributed by atoms with E-state index < -0.39 is 0 Å². The molecule has 1 saturated heterocycles. The molecule has 1 aliphatic rings. The van der Waals surface area contributed by atoms with Crippen LogP contribution in [0.15, 0.2) is 66.7 Å². The van der Waals surface area contributed by atoms with Gasteiger partial charge in [-0.25, -0.2) is 4.98 Å². The third kappa shape index (κ3) is 4.79. The Labute approximate surface area is 198 Å².